The lowest BCUT2D eigenvalue weighted by Crippen LogP contribution is -2.28. The molecule has 0 fully saturated rings. The molecule has 0 bridgehead atoms. The third-order valence-corrected chi connectivity index (χ3v) is 6.88. The van der Waals surface area contributed by atoms with Crippen molar-refractivity contribution in [2.45, 2.75) is 60.4 Å². The van der Waals surface area contributed by atoms with Crippen LogP contribution in [0.5, 0.6) is 5.88 Å². The number of hydrogen-bond donors (Lipinski definition) is 1. The molecule has 0 saturated carbocycles. The second-order valence-electron chi connectivity index (χ2n) is 9.75. The molecule has 8 nitrogen and oxygen atoms in total. The van der Waals surface area contributed by atoms with Gasteiger partial charge in [-0.25, -0.2) is 4.98 Å². The van der Waals surface area contributed by atoms with Crippen molar-refractivity contribution < 1.29 is 9.53 Å². The van der Waals surface area contributed by atoms with Crippen LogP contribution < -0.4 is 15.0 Å². The fraction of sp³-hybridized carbons (Fsp3) is 0.353. The molecule has 0 saturated heterocycles. The third kappa shape index (κ3) is 7.05. The van der Waals surface area contributed by atoms with E-state index in [1.165, 1.54) is 10.9 Å². The van der Waals surface area contributed by atoms with Gasteiger partial charge in [0.2, 0.25) is 11.8 Å². The van der Waals surface area contributed by atoms with Crippen LogP contribution in [0.3, 0.4) is 0 Å². The maximum Gasteiger partial charge on any atom is 0.274 e. The molecule has 42 heavy (non-hydrogen) atoms. The molecule has 220 valence electrons. The first-order valence-electron chi connectivity index (χ1n) is 15.1. The van der Waals surface area contributed by atoms with Gasteiger partial charge in [-0.15, -0.1) is 0 Å². The first kappa shape index (κ1) is 30.5. The average Bonchev–Trinajstić information content (AvgIpc) is 3.35. The Hall–Kier alpha value is -4.46. The molecule has 1 N–H and O–H groups in total. The molecule has 0 atom stereocenters. The van der Waals surface area contributed by atoms with Gasteiger partial charge in [-0.2, -0.15) is 4.98 Å². The van der Waals surface area contributed by atoms with Gasteiger partial charge in [0.25, 0.3) is 5.91 Å². The van der Waals surface area contributed by atoms with Crippen LogP contribution in [0.25, 0.3) is 21.8 Å². The SMILES string of the molecule is CC.CCCN(CCC)c1nc(OCCc2ccccn2)cc(C(=O)Nc2ccc3c4ccccc4n(CC)c3c2)n1. The van der Waals surface area contributed by atoms with Crippen LogP contribution in [0.4, 0.5) is 11.6 Å². The molecule has 0 aliphatic heterocycles. The maximum absolute atomic E-state index is 13.5. The van der Waals surface area contributed by atoms with Crippen LogP contribution in [-0.4, -0.2) is 45.1 Å². The number of carbonyl (C=O) groups excluding carboxylic acids is 1. The molecule has 5 aromatic rings. The fourth-order valence-electron chi connectivity index (χ4n) is 5.07. The van der Waals surface area contributed by atoms with Gasteiger partial charge >= 0.3 is 0 Å². The van der Waals surface area contributed by atoms with Crippen molar-refractivity contribution in [3.05, 3.63) is 84.3 Å². The molecule has 0 aliphatic carbocycles. The highest BCUT2D eigenvalue weighted by molar-refractivity contribution is 6.10. The van der Waals surface area contributed by atoms with E-state index in [2.05, 4.69) is 80.8 Å². The van der Waals surface area contributed by atoms with Crippen molar-refractivity contribution in [3.63, 3.8) is 0 Å². The Morgan fingerprint density at radius 1 is 0.881 bits per heavy atom. The van der Waals surface area contributed by atoms with Crippen LogP contribution in [0.1, 0.15) is 63.6 Å². The number of rotatable bonds is 12. The van der Waals surface area contributed by atoms with E-state index in [4.69, 9.17) is 4.74 Å². The van der Waals surface area contributed by atoms with E-state index in [0.717, 1.165) is 49.1 Å². The molecular formula is C34H42N6O2. The lowest BCUT2D eigenvalue weighted by molar-refractivity contribution is 0.102. The van der Waals surface area contributed by atoms with Crippen molar-refractivity contribution in [2.75, 3.05) is 29.9 Å². The van der Waals surface area contributed by atoms with Gasteiger partial charge in [-0.1, -0.05) is 58.0 Å². The van der Waals surface area contributed by atoms with Gasteiger partial charge in [0.1, 0.15) is 5.69 Å². The minimum Gasteiger partial charge on any atom is -0.477 e. The van der Waals surface area contributed by atoms with Gasteiger partial charge in [-0.05, 0) is 50.1 Å². The van der Waals surface area contributed by atoms with E-state index in [9.17, 15) is 4.79 Å². The molecule has 0 aliphatic rings. The molecule has 0 spiro atoms. The summed E-state index contributed by atoms with van der Waals surface area (Å²) < 4.78 is 8.29. The number of fused-ring (bicyclic) bond motifs is 3. The van der Waals surface area contributed by atoms with Gasteiger partial charge in [-0.3, -0.25) is 9.78 Å². The third-order valence-electron chi connectivity index (χ3n) is 6.88. The Kier molecular flexibility index (Phi) is 10.9. The average molecular weight is 567 g/mol. The summed E-state index contributed by atoms with van der Waals surface area (Å²) in [5.41, 5.74) is 4.19. The number of aryl methyl sites for hydroxylation is 1. The first-order chi connectivity index (χ1) is 20.6. The zero-order chi connectivity index (χ0) is 29.9. The Bertz CT molecular complexity index is 1590. The topological polar surface area (TPSA) is 85.2 Å². The highest BCUT2D eigenvalue weighted by atomic mass is 16.5. The summed E-state index contributed by atoms with van der Waals surface area (Å²) in [6, 6.07) is 21.9. The summed E-state index contributed by atoms with van der Waals surface area (Å²) >= 11 is 0. The highest BCUT2D eigenvalue weighted by Crippen LogP contribution is 2.31. The summed E-state index contributed by atoms with van der Waals surface area (Å²) in [6.07, 6.45) is 4.30. The number of benzene rings is 2. The number of nitrogens with zero attached hydrogens (tertiary/aromatic N) is 5. The standard InChI is InChI=1S/C32H36N6O2.C2H6/c1-4-18-37(19-5-2)32-35-27(22-30(36-32)40-20-16-23-11-9-10-17-33-23)31(39)34-24-14-15-26-25-12-7-8-13-28(25)38(6-3)29(26)21-24;1-2/h7-15,17,21-22H,4-6,16,18-20H2,1-3H3,(H,34,39);1-2H3. The van der Waals surface area contributed by atoms with Crippen LogP contribution in [-0.2, 0) is 13.0 Å². The number of carbonyl (C=O) groups is 1. The van der Waals surface area contributed by atoms with E-state index in [1.807, 2.05) is 44.2 Å². The van der Waals surface area contributed by atoms with Gasteiger partial charge in [0, 0.05) is 66.0 Å². The van der Waals surface area contributed by atoms with Crippen molar-refractivity contribution in [1.29, 1.82) is 0 Å². The zero-order valence-electron chi connectivity index (χ0n) is 25.4. The van der Waals surface area contributed by atoms with Crippen LogP contribution in [0.15, 0.2) is 72.9 Å². The Labute approximate surface area is 248 Å². The first-order valence-corrected chi connectivity index (χ1v) is 15.1. The largest absolute Gasteiger partial charge is 0.477 e. The number of para-hydroxylation sites is 1. The van der Waals surface area contributed by atoms with Gasteiger partial charge < -0.3 is 19.5 Å². The normalized spacial score (nSPS) is 10.8. The number of amides is 1. The molecule has 0 radical (unpaired) electrons. The Balaban J connectivity index is 0.00000198. The quantitative estimate of drug-likeness (QED) is 0.168. The Morgan fingerprint density at radius 2 is 1.62 bits per heavy atom. The van der Waals surface area contributed by atoms with Crippen LogP contribution in [0, 0.1) is 0 Å². The number of anilines is 2. The van der Waals surface area contributed by atoms with Crippen LogP contribution >= 0.6 is 0 Å². The second kappa shape index (κ2) is 15.0. The maximum atomic E-state index is 13.5. The van der Waals surface area contributed by atoms with E-state index >= 15 is 0 Å². The molecule has 8 heteroatoms. The van der Waals surface area contributed by atoms with E-state index in [-0.39, 0.29) is 11.6 Å². The molecule has 3 heterocycles. The zero-order valence-corrected chi connectivity index (χ0v) is 25.4. The summed E-state index contributed by atoms with van der Waals surface area (Å²) in [7, 11) is 0. The van der Waals surface area contributed by atoms with Crippen molar-refractivity contribution in [1.82, 2.24) is 19.5 Å². The number of nitrogens with one attached hydrogen (secondary N) is 1. The van der Waals surface area contributed by atoms with E-state index in [1.54, 1.807) is 12.3 Å². The summed E-state index contributed by atoms with van der Waals surface area (Å²) in [5.74, 6) is 0.584. The van der Waals surface area contributed by atoms with Crippen molar-refractivity contribution >= 4 is 39.3 Å². The van der Waals surface area contributed by atoms with Crippen molar-refractivity contribution in [3.8, 4) is 5.88 Å². The minimum absolute atomic E-state index is 0.270. The van der Waals surface area contributed by atoms with E-state index < -0.39 is 0 Å². The molecule has 1 amide bonds. The molecular weight excluding hydrogens is 524 g/mol. The number of pyridine rings is 1. The monoisotopic (exact) mass is 566 g/mol. The number of ether oxygens (including phenoxy) is 1. The summed E-state index contributed by atoms with van der Waals surface area (Å²) in [4.78, 5) is 29.3. The van der Waals surface area contributed by atoms with E-state index in [0.29, 0.717) is 30.5 Å². The minimum atomic E-state index is -0.301. The lowest BCUT2D eigenvalue weighted by atomic mass is 10.1. The van der Waals surface area contributed by atoms with Gasteiger partial charge in [0.15, 0.2) is 0 Å². The van der Waals surface area contributed by atoms with Crippen LogP contribution in [0.2, 0.25) is 0 Å². The summed E-state index contributed by atoms with van der Waals surface area (Å²) in [6.45, 7) is 13.2. The predicted molar refractivity (Wildman–Crippen MR) is 173 cm³/mol. The van der Waals surface area contributed by atoms with Crippen molar-refractivity contribution in [2.24, 2.45) is 0 Å². The van der Waals surface area contributed by atoms with Gasteiger partial charge in [0.05, 0.1) is 12.1 Å². The molecule has 0 unspecified atom stereocenters. The second-order valence-corrected chi connectivity index (χ2v) is 9.75. The Morgan fingerprint density at radius 3 is 2.33 bits per heavy atom. The molecule has 2 aromatic carbocycles. The predicted octanol–water partition coefficient (Wildman–Crippen LogP) is 7.53. The highest BCUT2D eigenvalue weighted by Gasteiger charge is 2.18. The molecule has 3 aromatic heterocycles. The smallest absolute Gasteiger partial charge is 0.274 e. The lowest BCUT2D eigenvalue weighted by Gasteiger charge is -2.22. The summed E-state index contributed by atoms with van der Waals surface area (Å²) in [5, 5.41) is 5.43. The fourth-order valence-corrected chi connectivity index (χ4v) is 5.07. The molecule has 5 rings (SSSR count). The number of aromatic nitrogens is 4. The number of hydrogen-bond acceptors (Lipinski definition) is 6.